The molecule has 0 fully saturated rings. The number of nitrogens with zero attached hydrogens (tertiary/aromatic N) is 3. The van der Waals surface area contributed by atoms with Crippen molar-refractivity contribution in [3.8, 4) is 0 Å². The van der Waals surface area contributed by atoms with Gasteiger partial charge in [-0.25, -0.2) is 8.42 Å². The van der Waals surface area contributed by atoms with E-state index in [1.54, 1.807) is 19.4 Å². The lowest BCUT2D eigenvalue weighted by Crippen LogP contribution is -2.26. The van der Waals surface area contributed by atoms with Gasteiger partial charge in [0.25, 0.3) is 5.91 Å². The molecule has 21 heavy (non-hydrogen) atoms. The first kappa shape index (κ1) is 15.3. The molecule has 0 bridgehead atoms. The maximum Gasteiger partial charge on any atom is 0.267 e. The summed E-state index contributed by atoms with van der Waals surface area (Å²) >= 11 is 0. The highest BCUT2D eigenvalue weighted by Crippen LogP contribution is 2.19. The van der Waals surface area contributed by atoms with Gasteiger partial charge in [0.15, 0.2) is 0 Å². The molecule has 0 spiro atoms. The second kappa shape index (κ2) is 5.70. The van der Waals surface area contributed by atoms with Crippen LogP contribution in [0.25, 0.3) is 0 Å². The van der Waals surface area contributed by atoms with Crippen molar-refractivity contribution in [2.24, 2.45) is 7.05 Å². The lowest BCUT2D eigenvalue weighted by atomic mass is 10.4. The van der Waals surface area contributed by atoms with Gasteiger partial charge in [0, 0.05) is 45.6 Å². The lowest BCUT2D eigenvalue weighted by molar-refractivity contribution is 0.0955. The zero-order chi connectivity index (χ0) is 15.6. The quantitative estimate of drug-likeness (QED) is 0.807. The fourth-order valence-electron chi connectivity index (χ4n) is 1.92. The summed E-state index contributed by atoms with van der Waals surface area (Å²) < 4.78 is 27.7. The minimum Gasteiger partial charge on any atom is -0.354 e. The van der Waals surface area contributed by atoms with E-state index in [0.717, 1.165) is 5.56 Å². The number of H-pyrrole nitrogens is 1. The zero-order valence-electron chi connectivity index (χ0n) is 12.0. The Bertz CT molecular complexity index is 733. The van der Waals surface area contributed by atoms with Crippen LogP contribution in [-0.4, -0.2) is 47.5 Å². The summed E-state index contributed by atoms with van der Waals surface area (Å²) in [5.74, 6) is -0.337. The van der Waals surface area contributed by atoms with E-state index >= 15 is 0 Å². The van der Waals surface area contributed by atoms with E-state index in [1.807, 2.05) is 0 Å². The van der Waals surface area contributed by atoms with Crippen LogP contribution in [0.2, 0.25) is 0 Å². The normalized spacial score (nSPS) is 11.8. The zero-order valence-corrected chi connectivity index (χ0v) is 12.8. The minimum atomic E-state index is -3.67. The van der Waals surface area contributed by atoms with Gasteiger partial charge < -0.3 is 9.88 Å². The van der Waals surface area contributed by atoms with Crippen LogP contribution < -0.4 is 5.32 Å². The summed E-state index contributed by atoms with van der Waals surface area (Å²) in [6, 6.07) is 1.36. The number of sulfonamides is 1. The number of aromatic nitrogens is 3. The third-order valence-electron chi connectivity index (χ3n) is 3.11. The highest BCUT2D eigenvalue weighted by Gasteiger charge is 2.24. The molecule has 0 atom stereocenters. The summed E-state index contributed by atoms with van der Waals surface area (Å²) in [6.45, 7) is 0.197. The molecule has 2 aromatic rings. The fourth-order valence-corrected chi connectivity index (χ4v) is 3.15. The highest BCUT2D eigenvalue weighted by atomic mass is 32.2. The second-order valence-electron chi connectivity index (χ2n) is 4.62. The van der Waals surface area contributed by atoms with E-state index in [1.165, 1.54) is 35.2 Å². The lowest BCUT2D eigenvalue weighted by Gasteiger charge is -2.14. The third-order valence-corrected chi connectivity index (χ3v) is 4.88. The van der Waals surface area contributed by atoms with Crippen molar-refractivity contribution in [3.63, 3.8) is 0 Å². The van der Waals surface area contributed by atoms with Crippen LogP contribution in [0.3, 0.4) is 0 Å². The summed E-state index contributed by atoms with van der Waals surface area (Å²) in [7, 11) is 0.933. The maximum absolute atomic E-state index is 12.5. The third kappa shape index (κ3) is 2.98. The summed E-state index contributed by atoms with van der Waals surface area (Å²) in [4.78, 5) is 11.7. The largest absolute Gasteiger partial charge is 0.354 e. The molecule has 2 aromatic heterocycles. The topological polar surface area (TPSA) is 100 Å². The van der Waals surface area contributed by atoms with E-state index in [4.69, 9.17) is 0 Å². The smallest absolute Gasteiger partial charge is 0.267 e. The van der Waals surface area contributed by atoms with E-state index in [0.29, 0.717) is 0 Å². The number of hydrogen-bond donors (Lipinski definition) is 2. The Morgan fingerprint density at radius 3 is 2.81 bits per heavy atom. The van der Waals surface area contributed by atoms with Gasteiger partial charge in [-0.1, -0.05) is 0 Å². The van der Waals surface area contributed by atoms with E-state index in [9.17, 15) is 13.2 Å². The van der Waals surface area contributed by atoms with E-state index < -0.39 is 10.0 Å². The van der Waals surface area contributed by atoms with Crippen LogP contribution in [0.5, 0.6) is 0 Å². The Labute approximate surface area is 122 Å². The van der Waals surface area contributed by atoms with Gasteiger partial charge in [-0.3, -0.25) is 9.89 Å². The molecule has 9 heteroatoms. The first-order chi connectivity index (χ1) is 9.86. The van der Waals surface area contributed by atoms with Crippen LogP contribution in [0, 0.1) is 0 Å². The van der Waals surface area contributed by atoms with Gasteiger partial charge in [-0.2, -0.15) is 9.40 Å². The summed E-state index contributed by atoms with van der Waals surface area (Å²) in [5.41, 5.74) is 1.04. The molecular weight excluding hydrogens is 294 g/mol. The molecule has 2 rings (SSSR count). The van der Waals surface area contributed by atoms with Gasteiger partial charge in [-0.15, -0.1) is 0 Å². The molecule has 1 amide bonds. The molecule has 114 valence electrons. The number of nitrogens with one attached hydrogen (secondary N) is 2. The van der Waals surface area contributed by atoms with Crippen molar-refractivity contribution in [1.82, 2.24) is 24.4 Å². The summed E-state index contributed by atoms with van der Waals surface area (Å²) in [6.07, 6.45) is 4.62. The van der Waals surface area contributed by atoms with Gasteiger partial charge in [0.05, 0.1) is 6.20 Å². The number of aryl methyl sites for hydroxylation is 1. The SMILES string of the molecule is CNC(=O)c1cc(S(=O)(=O)N(C)Cc2cn[nH]c2)cn1C. The van der Waals surface area contributed by atoms with Crippen LogP contribution in [0.4, 0.5) is 0 Å². The fraction of sp³-hybridized carbons (Fsp3) is 0.333. The Morgan fingerprint density at radius 2 is 2.24 bits per heavy atom. The van der Waals surface area contributed by atoms with E-state index in [-0.39, 0.29) is 23.0 Å². The van der Waals surface area contributed by atoms with Crippen LogP contribution in [-0.2, 0) is 23.6 Å². The summed E-state index contributed by atoms with van der Waals surface area (Å²) in [5, 5.41) is 8.88. The molecular formula is C12H17N5O3S. The molecule has 2 N–H and O–H groups in total. The van der Waals surface area contributed by atoms with Crippen molar-refractivity contribution in [2.75, 3.05) is 14.1 Å². The van der Waals surface area contributed by atoms with Gasteiger partial charge in [0.2, 0.25) is 10.0 Å². The average Bonchev–Trinajstić information content (AvgIpc) is 3.07. The predicted molar refractivity (Wildman–Crippen MR) is 76.0 cm³/mol. The predicted octanol–water partition coefficient (Wildman–Crippen LogP) is -0.0715. The molecule has 0 unspecified atom stereocenters. The van der Waals surface area contributed by atoms with Crippen molar-refractivity contribution < 1.29 is 13.2 Å². The molecule has 0 aromatic carbocycles. The van der Waals surface area contributed by atoms with Crippen molar-refractivity contribution in [1.29, 1.82) is 0 Å². The van der Waals surface area contributed by atoms with Gasteiger partial charge in [0.1, 0.15) is 10.6 Å². The number of aromatic amines is 1. The number of carbonyl (C=O) groups excluding carboxylic acids is 1. The van der Waals surface area contributed by atoms with Crippen molar-refractivity contribution in [2.45, 2.75) is 11.4 Å². The highest BCUT2D eigenvalue weighted by molar-refractivity contribution is 7.89. The van der Waals surface area contributed by atoms with Crippen LogP contribution in [0.15, 0.2) is 29.6 Å². The molecule has 0 radical (unpaired) electrons. The number of rotatable bonds is 5. The monoisotopic (exact) mass is 311 g/mol. The van der Waals surface area contributed by atoms with Gasteiger partial charge >= 0.3 is 0 Å². The molecule has 0 aliphatic rings. The molecule has 8 nitrogen and oxygen atoms in total. The Hall–Kier alpha value is -2.13. The van der Waals surface area contributed by atoms with Crippen LogP contribution >= 0.6 is 0 Å². The Kier molecular flexibility index (Phi) is 4.14. The van der Waals surface area contributed by atoms with Crippen molar-refractivity contribution in [3.05, 3.63) is 35.9 Å². The molecule has 0 aliphatic carbocycles. The Morgan fingerprint density at radius 1 is 1.52 bits per heavy atom. The standard InChI is InChI=1S/C12H17N5O3S/c1-13-12(18)11-4-10(8-16(11)2)21(19,20)17(3)7-9-5-14-15-6-9/h4-6,8H,7H2,1-3H3,(H,13,18)(H,14,15). The molecule has 2 heterocycles. The average molecular weight is 311 g/mol. The number of carbonyl (C=O) groups is 1. The molecule has 0 aliphatic heterocycles. The number of hydrogen-bond acceptors (Lipinski definition) is 4. The minimum absolute atomic E-state index is 0.0783. The molecule has 0 saturated carbocycles. The first-order valence-corrected chi connectivity index (χ1v) is 7.62. The number of amides is 1. The van der Waals surface area contributed by atoms with Crippen LogP contribution in [0.1, 0.15) is 16.1 Å². The molecule has 0 saturated heterocycles. The van der Waals surface area contributed by atoms with Crippen molar-refractivity contribution >= 4 is 15.9 Å². The van der Waals surface area contributed by atoms with E-state index in [2.05, 4.69) is 15.5 Å². The Balaban J connectivity index is 2.29. The first-order valence-electron chi connectivity index (χ1n) is 6.18. The second-order valence-corrected chi connectivity index (χ2v) is 6.66. The van der Waals surface area contributed by atoms with Gasteiger partial charge in [-0.05, 0) is 6.07 Å². The maximum atomic E-state index is 12.5.